The van der Waals surface area contributed by atoms with Crippen molar-refractivity contribution < 1.29 is 14.6 Å². The van der Waals surface area contributed by atoms with Crippen LogP contribution in [0.5, 0.6) is 0 Å². The molecule has 140 valence electrons. The normalized spacial score (nSPS) is 16.7. The van der Waals surface area contributed by atoms with Crippen LogP contribution in [-0.2, 0) is 11.3 Å². The van der Waals surface area contributed by atoms with Gasteiger partial charge in [0.05, 0.1) is 27.9 Å². The highest BCUT2D eigenvalue weighted by atomic mass is 35.5. The number of nitrogens with zero attached hydrogens (tertiary/aromatic N) is 2. The van der Waals surface area contributed by atoms with Crippen LogP contribution >= 0.6 is 22.9 Å². The molecule has 2 aromatic heterocycles. The molecule has 4 rings (SSSR count). The Balaban J connectivity index is 1.50. The van der Waals surface area contributed by atoms with E-state index in [2.05, 4.69) is 4.98 Å². The van der Waals surface area contributed by atoms with Crippen LogP contribution in [0.3, 0.4) is 0 Å². The third-order valence-corrected chi connectivity index (χ3v) is 6.33. The fourth-order valence-electron chi connectivity index (χ4n) is 3.29. The average molecular weight is 403 g/mol. The standard InChI is InChI=1S/C20H19ClN2O3S/c21-16-7-8-22-17-10-18(27-19(16)17)14-5-3-13(4-6-14)11-23(20(24)25)12-15-2-1-9-26-15/h3-8,10,15H,1-2,9,11-12H2,(H,24,25). The highest BCUT2D eigenvalue weighted by Crippen LogP contribution is 2.36. The van der Waals surface area contributed by atoms with Crippen molar-refractivity contribution in [2.45, 2.75) is 25.5 Å². The number of carbonyl (C=O) groups is 1. The van der Waals surface area contributed by atoms with Gasteiger partial charge in [-0.2, -0.15) is 0 Å². The second-order valence-electron chi connectivity index (χ2n) is 6.61. The van der Waals surface area contributed by atoms with Crippen LogP contribution in [0.2, 0.25) is 5.02 Å². The van der Waals surface area contributed by atoms with E-state index in [0.29, 0.717) is 18.1 Å². The van der Waals surface area contributed by atoms with Crippen molar-refractivity contribution in [1.29, 1.82) is 0 Å². The Hall–Kier alpha value is -2.15. The molecule has 1 unspecified atom stereocenters. The number of fused-ring (bicyclic) bond motifs is 1. The summed E-state index contributed by atoms with van der Waals surface area (Å²) in [6.45, 7) is 1.49. The van der Waals surface area contributed by atoms with Gasteiger partial charge in [-0.3, -0.25) is 4.98 Å². The molecule has 1 amide bonds. The summed E-state index contributed by atoms with van der Waals surface area (Å²) in [5.41, 5.74) is 2.91. The number of ether oxygens (including phenoxy) is 1. The fraction of sp³-hybridized carbons (Fsp3) is 0.300. The van der Waals surface area contributed by atoms with Crippen LogP contribution in [-0.4, -0.2) is 40.3 Å². The number of thiophene rings is 1. The number of rotatable bonds is 5. The van der Waals surface area contributed by atoms with Crippen LogP contribution in [0, 0.1) is 0 Å². The van der Waals surface area contributed by atoms with Gasteiger partial charge in [-0.25, -0.2) is 4.79 Å². The van der Waals surface area contributed by atoms with E-state index in [4.69, 9.17) is 16.3 Å². The van der Waals surface area contributed by atoms with Gasteiger partial charge in [-0.1, -0.05) is 35.9 Å². The number of halogens is 1. The number of hydrogen-bond acceptors (Lipinski definition) is 4. The molecule has 0 bridgehead atoms. The summed E-state index contributed by atoms with van der Waals surface area (Å²) in [5.74, 6) is 0. The van der Waals surface area contributed by atoms with E-state index in [1.807, 2.05) is 30.3 Å². The summed E-state index contributed by atoms with van der Waals surface area (Å²) in [6, 6.07) is 11.8. The molecule has 0 aliphatic carbocycles. The molecule has 1 aliphatic heterocycles. The summed E-state index contributed by atoms with van der Waals surface area (Å²) in [4.78, 5) is 18.4. The van der Waals surface area contributed by atoms with E-state index >= 15 is 0 Å². The molecular formula is C20H19ClN2O3S. The number of carboxylic acid groups (broad SMARTS) is 1. The first-order valence-electron chi connectivity index (χ1n) is 8.83. The van der Waals surface area contributed by atoms with Crippen molar-refractivity contribution in [2.75, 3.05) is 13.2 Å². The van der Waals surface area contributed by atoms with Crippen molar-refractivity contribution in [3.63, 3.8) is 0 Å². The lowest BCUT2D eigenvalue weighted by molar-refractivity contribution is 0.0671. The number of hydrogen-bond donors (Lipinski definition) is 1. The largest absolute Gasteiger partial charge is 0.465 e. The van der Waals surface area contributed by atoms with E-state index in [0.717, 1.165) is 45.7 Å². The van der Waals surface area contributed by atoms with Gasteiger partial charge in [0.25, 0.3) is 0 Å². The van der Waals surface area contributed by atoms with Gasteiger partial charge in [-0.15, -0.1) is 11.3 Å². The van der Waals surface area contributed by atoms with E-state index in [1.54, 1.807) is 23.6 Å². The minimum absolute atomic E-state index is 0.0103. The summed E-state index contributed by atoms with van der Waals surface area (Å²) >= 11 is 7.85. The predicted molar refractivity (Wildman–Crippen MR) is 107 cm³/mol. The molecule has 0 radical (unpaired) electrons. The van der Waals surface area contributed by atoms with Crippen molar-refractivity contribution in [2.24, 2.45) is 0 Å². The second-order valence-corrected chi connectivity index (χ2v) is 8.07. The summed E-state index contributed by atoms with van der Waals surface area (Å²) in [6.07, 6.45) is 2.72. The molecule has 5 nitrogen and oxygen atoms in total. The third-order valence-electron chi connectivity index (χ3n) is 4.69. The summed E-state index contributed by atoms with van der Waals surface area (Å²) < 4.78 is 6.54. The van der Waals surface area contributed by atoms with Crippen molar-refractivity contribution in [1.82, 2.24) is 9.88 Å². The first-order valence-corrected chi connectivity index (χ1v) is 10.0. The molecule has 3 aromatic rings. The van der Waals surface area contributed by atoms with Gasteiger partial charge in [-0.05, 0) is 36.1 Å². The van der Waals surface area contributed by atoms with Crippen molar-refractivity contribution in [3.05, 3.63) is 53.2 Å². The average Bonchev–Trinajstić information content (AvgIpc) is 3.32. The molecule has 1 saturated heterocycles. The zero-order valence-corrected chi connectivity index (χ0v) is 16.2. The van der Waals surface area contributed by atoms with Crippen LogP contribution < -0.4 is 0 Å². The lowest BCUT2D eigenvalue weighted by Crippen LogP contribution is -2.35. The topological polar surface area (TPSA) is 62.7 Å². The Labute approximate surface area is 166 Å². The van der Waals surface area contributed by atoms with E-state index in [1.165, 1.54) is 4.90 Å². The summed E-state index contributed by atoms with van der Waals surface area (Å²) in [5, 5.41) is 10.2. The maximum atomic E-state index is 11.6. The van der Waals surface area contributed by atoms with Gasteiger partial charge in [0, 0.05) is 24.2 Å². The van der Waals surface area contributed by atoms with Crippen LogP contribution in [0.15, 0.2) is 42.6 Å². The van der Waals surface area contributed by atoms with Gasteiger partial charge in [0.2, 0.25) is 0 Å². The number of benzene rings is 1. The highest BCUT2D eigenvalue weighted by Gasteiger charge is 2.22. The number of aromatic nitrogens is 1. The van der Waals surface area contributed by atoms with Crippen LogP contribution in [0.1, 0.15) is 18.4 Å². The maximum Gasteiger partial charge on any atom is 0.407 e. The van der Waals surface area contributed by atoms with Gasteiger partial charge in [0.1, 0.15) is 0 Å². The maximum absolute atomic E-state index is 11.6. The Morgan fingerprint density at radius 3 is 2.81 bits per heavy atom. The SMILES string of the molecule is O=C(O)N(Cc1ccc(-c2cc3nccc(Cl)c3s2)cc1)CC1CCCO1. The Bertz CT molecular complexity index is 952. The van der Waals surface area contributed by atoms with Gasteiger partial charge in [0.15, 0.2) is 0 Å². The second kappa shape index (κ2) is 7.84. The van der Waals surface area contributed by atoms with Crippen molar-refractivity contribution in [3.8, 4) is 10.4 Å². The third kappa shape index (κ3) is 4.08. The minimum atomic E-state index is -0.917. The molecule has 1 atom stereocenters. The van der Waals surface area contributed by atoms with Crippen molar-refractivity contribution >= 4 is 39.2 Å². The van der Waals surface area contributed by atoms with Crippen LogP contribution in [0.25, 0.3) is 20.7 Å². The summed E-state index contributed by atoms with van der Waals surface area (Å²) in [7, 11) is 0. The lowest BCUT2D eigenvalue weighted by Gasteiger charge is -2.22. The molecule has 1 aromatic carbocycles. The van der Waals surface area contributed by atoms with Crippen LogP contribution in [0.4, 0.5) is 4.79 Å². The van der Waals surface area contributed by atoms with E-state index in [-0.39, 0.29) is 6.10 Å². The quantitative estimate of drug-likeness (QED) is 0.631. The Morgan fingerprint density at radius 2 is 2.15 bits per heavy atom. The monoisotopic (exact) mass is 402 g/mol. The molecular weight excluding hydrogens is 384 g/mol. The molecule has 3 heterocycles. The molecule has 1 N–H and O–H groups in total. The zero-order valence-electron chi connectivity index (χ0n) is 14.6. The Morgan fingerprint density at radius 1 is 1.33 bits per heavy atom. The first kappa shape index (κ1) is 18.2. The fourth-order valence-corrected chi connectivity index (χ4v) is 4.58. The van der Waals surface area contributed by atoms with E-state index in [9.17, 15) is 9.90 Å². The van der Waals surface area contributed by atoms with Gasteiger partial charge >= 0.3 is 6.09 Å². The molecule has 27 heavy (non-hydrogen) atoms. The molecule has 0 saturated carbocycles. The zero-order chi connectivity index (χ0) is 18.8. The van der Waals surface area contributed by atoms with E-state index < -0.39 is 6.09 Å². The molecule has 1 aliphatic rings. The smallest absolute Gasteiger partial charge is 0.407 e. The predicted octanol–water partition coefficient (Wildman–Crippen LogP) is 5.28. The highest BCUT2D eigenvalue weighted by molar-refractivity contribution is 7.22. The van der Waals surface area contributed by atoms with Gasteiger partial charge < -0.3 is 14.7 Å². The first-order chi connectivity index (χ1) is 13.1. The number of amides is 1. The minimum Gasteiger partial charge on any atom is -0.465 e. The lowest BCUT2D eigenvalue weighted by atomic mass is 10.1. The molecule has 7 heteroatoms. The Kier molecular flexibility index (Phi) is 5.29. The molecule has 1 fully saturated rings. The number of pyridine rings is 1. The molecule has 0 spiro atoms.